The molecule has 3 fully saturated rings. The predicted molar refractivity (Wildman–Crippen MR) is 99.7 cm³/mol. The van der Waals surface area contributed by atoms with Crippen LogP contribution in [0.5, 0.6) is 0 Å². The highest BCUT2D eigenvalue weighted by molar-refractivity contribution is 5.77. The number of piperidine rings is 2. The van der Waals surface area contributed by atoms with Crippen molar-refractivity contribution in [3.8, 4) is 0 Å². The Kier molecular flexibility index (Phi) is 5.32. The maximum atomic E-state index is 12.3. The van der Waals surface area contributed by atoms with Gasteiger partial charge in [-0.1, -0.05) is 0 Å². The number of likely N-dealkylation sites (tertiary alicyclic amines) is 2. The van der Waals surface area contributed by atoms with Gasteiger partial charge < -0.3 is 14.2 Å². The normalized spacial score (nSPS) is 23.7. The van der Waals surface area contributed by atoms with Gasteiger partial charge in [-0.2, -0.15) is 0 Å². The van der Waals surface area contributed by atoms with Gasteiger partial charge in [0.15, 0.2) is 0 Å². The van der Waals surface area contributed by atoms with E-state index in [0.717, 1.165) is 58.6 Å². The molecule has 1 saturated carbocycles. The molecule has 1 amide bonds. The average Bonchev–Trinajstić information content (AvgIpc) is 3.40. The van der Waals surface area contributed by atoms with Crippen LogP contribution in [0.2, 0.25) is 0 Å². The van der Waals surface area contributed by atoms with Gasteiger partial charge in [-0.05, 0) is 57.0 Å². The van der Waals surface area contributed by atoms with Crippen LogP contribution in [0.1, 0.15) is 56.7 Å². The summed E-state index contributed by atoms with van der Waals surface area (Å²) in [6.45, 7) is 5.82. The first-order valence-electron chi connectivity index (χ1n) is 10.2. The Hall–Kier alpha value is -1.40. The van der Waals surface area contributed by atoms with Crippen LogP contribution in [0.3, 0.4) is 0 Å². The summed E-state index contributed by atoms with van der Waals surface area (Å²) in [6, 6.07) is 0.702. The Labute approximate surface area is 156 Å². The van der Waals surface area contributed by atoms with Crippen molar-refractivity contribution in [2.75, 3.05) is 39.9 Å². The number of hydrogen-bond acceptors (Lipinski definition) is 4. The van der Waals surface area contributed by atoms with Crippen molar-refractivity contribution >= 4 is 5.91 Å². The molecule has 0 atom stereocenters. The van der Waals surface area contributed by atoms with Gasteiger partial charge in [0.25, 0.3) is 0 Å². The minimum atomic E-state index is 0.336. The van der Waals surface area contributed by atoms with Gasteiger partial charge in [-0.3, -0.25) is 9.69 Å². The first-order chi connectivity index (χ1) is 12.7. The minimum absolute atomic E-state index is 0.336. The van der Waals surface area contributed by atoms with E-state index in [1.54, 1.807) is 7.11 Å². The molecule has 26 heavy (non-hydrogen) atoms. The smallest absolute Gasteiger partial charge is 0.222 e. The molecule has 144 valence electrons. The van der Waals surface area contributed by atoms with E-state index in [9.17, 15) is 4.79 Å². The third-order valence-corrected chi connectivity index (χ3v) is 6.51. The van der Waals surface area contributed by atoms with Crippen LogP contribution in [-0.2, 0) is 16.1 Å². The summed E-state index contributed by atoms with van der Waals surface area (Å²) >= 11 is 0. The molecule has 0 unspecified atom stereocenters. The number of hydrogen-bond donors (Lipinski definition) is 0. The Morgan fingerprint density at radius 2 is 2.08 bits per heavy atom. The van der Waals surface area contributed by atoms with Crippen LogP contribution in [0.15, 0.2) is 12.5 Å². The molecule has 0 aromatic carbocycles. The second kappa shape index (κ2) is 7.69. The van der Waals surface area contributed by atoms with E-state index in [1.165, 1.54) is 31.4 Å². The number of carbonyl (C=O) groups excluding carboxylic acids is 1. The van der Waals surface area contributed by atoms with Crippen molar-refractivity contribution in [1.29, 1.82) is 0 Å². The third-order valence-electron chi connectivity index (χ3n) is 6.51. The topological polar surface area (TPSA) is 50.6 Å². The van der Waals surface area contributed by atoms with Crippen LogP contribution in [0, 0.1) is 5.41 Å². The Morgan fingerprint density at radius 1 is 1.27 bits per heavy atom. The lowest BCUT2D eigenvalue weighted by Gasteiger charge is -2.47. The maximum absolute atomic E-state index is 12.3. The molecule has 3 heterocycles. The lowest BCUT2D eigenvalue weighted by molar-refractivity contribution is -0.139. The van der Waals surface area contributed by atoms with Gasteiger partial charge in [0.2, 0.25) is 5.91 Å². The highest BCUT2D eigenvalue weighted by Gasteiger charge is 2.40. The van der Waals surface area contributed by atoms with E-state index in [2.05, 4.69) is 19.4 Å². The largest absolute Gasteiger partial charge is 0.385 e. The number of imidazole rings is 1. The molecule has 1 spiro atoms. The summed E-state index contributed by atoms with van der Waals surface area (Å²) in [6.07, 6.45) is 11.8. The summed E-state index contributed by atoms with van der Waals surface area (Å²) in [7, 11) is 1.73. The second-order valence-corrected chi connectivity index (χ2v) is 8.46. The first kappa shape index (κ1) is 18.0. The van der Waals surface area contributed by atoms with E-state index >= 15 is 0 Å². The molecule has 6 nitrogen and oxygen atoms in total. The Balaban J connectivity index is 1.30. The monoisotopic (exact) mass is 360 g/mol. The van der Waals surface area contributed by atoms with Gasteiger partial charge >= 0.3 is 0 Å². The lowest BCUT2D eigenvalue weighted by Crippen LogP contribution is -2.51. The molecule has 1 aliphatic carbocycles. The highest BCUT2D eigenvalue weighted by atomic mass is 16.5. The zero-order valence-corrected chi connectivity index (χ0v) is 16.0. The second-order valence-electron chi connectivity index (χ2n) is 8.46. The standard InChI is InChI=1S/C20H32N4O2/c1-26-12-2-9-23-15-20(6-5-19(23)25)7-10-22(11-8-20)14-18-13-21-16-24(18)17-3-4-17/h13,16-17H,2-12,14-15H2,1H3. The van der Waals surface area contributed by atoms with Crippen LogP contribution in [-0.4, -0.2) is 65.2 Å². The number of amides is 1. The average molecular weight is 361 g/mol. The summed E-state index contributed by atoms with van der Waals surface area (Å²) in [5.74, 6) is 0.336. The number of aromatic nitrogens is 2. The Bertz CT molecular complexity index is 617. The molecular weight excluding hydrogens is 328 g/mol. The van der Waals surface area contributed by atoms with Crippen LogP contribution >= 0.6 is 0 Å². The molecule has 2 aliphatic heterocycles. The van der Waals surface area contributed by atoms with Gasteiger partial charge in [0.1, 0.15) is 0 Å². The van der Waals surface area contributed by atoms with Gasteiger partial charge in [-0.15, -0.1) is 0 Å². The Morgan fingerprint density at radius 3 is 2.81 bits per heavy atom. The molecular formula is C20H32N4O2. The molecule has 0 bridgehead atoms. The molecule has 0 N–H and O–H groups in total. The van der Waals surface area contributed by atoms with E-state index in [-0.39, 0.29) is 0 Å². The van der Waals surface area contributed by atoms with E-state index in [4.69, 9.17) is 4.74 Å². The lowest BCUT2D eigenvalue weighted by atomic mass is 9.72. The molecule has 4 rings (SSSR count). The summed E-state index contributed by atoms with van der Waals surface area (Å²) in [4.78, 5) is 21.3. The van der Waals surface area contributed by atoms with Crippen LogP contribution < -0.4 is 0 Å². The summed E-state index contributed by atoms with van der Waals surface area (Å²) < 4.78 is 7.52. The maximum Gasteiger partial charge on any atom is 0.222 e. The first-order valence-corrected chi connectivity index (χ1v) is 10.2. The number of carbonyl (C=O) groups is 1. The predicted octanol–water partition coefficient (Wildman–Crippen LogP) is 2.46. The molecule has 1 aromatic rings. The van der Waals surface area contributed by atoms with Crippen LogP contribution in [0.4, 0.5) is 0 Å². The molecule has 3 aliphatic rings. The SMILES string of the molecule is COCCCN1CC2(CCC1=O)CCN(Cc1cncn1C1CC1)CC2. The molecule has 0 radical (unpaired) electrons. The number of rotatable bonds is 7. The summed E-state index contributed by atoms with van der Waals surface area (Å²) in [5, 5.41) is 0. The molecule has 2 saturated heterocycles. The van der Waals surface area contributed by atoms with Crippen molar-refractivity contribution in [3.05, 3.63) is 18.2 Å². The fourth-order valence-electron chi connectivity index (χ4n) is 4.66. The van der Waals surface area contributed by atoms with Crippen molar-refractivity contribution in [2.24, 2.45) is 5.41 Å². The van der Waals surface area contributed by atoms with E-state index in [0.29, 0.717) is 17.4 Å². The van der Waals surface area contributed by atoms with E-state index < -0.39 is 0 Å². The minimum Gasteiger partial charge on any atom is -0.385 e. The number of ether oxygens (including phenoxy) is 1. The fraction of sp³-hybridized carbons (Fsp3) is 0.800. The van der Waals surface area contributed by atoms with Gasteiger partial charge in [0.05, 0.1) is 12.0 Å². The zero-order valence-electron chi connectivity index (χ0n) is 16.0. The van der Waals surface area contributed by atoms with Gasteiger partial charge in [-0.25, -0.2) is 4.98 Å². The number of methoxy groups -OCH3 is 1. The fourth-order valence-corrected chi connectivity index (χ4v) is 4.66. The third kappa shape index (κ3) is 3.96. The van der Waals surface area contributed by atoms with Crippen molar-refractivity contribution < 1.29 is 9.53 Å². The highest BCUT2D eigenvalue weighted by Crippen LogP contribution is 2.41. The van der Waals surface area contributed by atoms with Crippen molar-refractivity contribution in [1.82, 2.24) is 19.4 Å². The molecule has 1 aromatic heterocycles. The van der Waals surface area contributed by atoms with E-state index in [1.807, 2.05) is 12.5 Å². The van der Waals surface area contributed by atoms with Crippen molar-refractivity contribution in [3.63, 3.8) is 0 Å². The summed E-state index contributed by atoms with van der Waals surface area (Å²) in [5.41, 5.74) is 1.71. The zero-order chi connectivity index (χ0) is 18.0. The quantitative estimate of drug-likeness (QED) is 0.701. The molecule has 6 heteroatoms. The van der Waals surface area contributed by atoms with Crippen molar-refractivity contribution in [2.45, 2.75) is 57.5 Å². The number of nitrogens with zero attached hydrogens (tertiary/aromatic N) is 4. The van der Waals surface area contributed by atoms with Gasteiger partial charge in [0, 0.05) is 52.0 Å². The van der Waals surface area contributed by atoms with Crippen LogP contribution in [0.25, 0.3) is 0 Å².